The van der Waals surface area contributed by atoms with Crippen molar-refractivity contribution in [3.8, 4) is 5.75 Å². The molecule has 0 saturated carbocycles. The third-order valence-electron chi connectivity index (χ3n) is 3.71. The Balaban J connectivity index is 2.20. The fourth-order valence-electron chi connectivity index (χ4n) is 2.45. The van der Waals surface area contributed by atoms with E-state index in [-0.39, 0.29) is 5.82 Å². The zero-order valence-electron chi connectivity index (χ0n) is 12.8. The molecule has 112 valence electrons. The number of methoxy groups -OCH3 is 1. The summed E-state index contributed by atoms with van der Waals surface area (Å²) in [5.74, 6) is 0.682. The lowest BCUT2D eigenvalue weighted by molar-refractivity contribution is 0.399. The number of halogens is 1. The van der Waals surface area contributed by atoms with Crippen LogP contribution in [0.25, 0.3) is 0 Å². The number of rotatable bonds is 5. The summed E-state index contributed by atoms with van der Waals surface area (Å²) >= 11 is 0. The van der Waals surface area contributed by atoms with E-state index in [2.05, 4.69) is 38.1 Å². The van der Waals surface area contributed by atoms with Crippen LogP contribution in [-0.2, 0) is 6.42 Å². The first-order valence-corrected chi connectivity index (χ1v) is 7.19. The molecule has 21 heavy (non-hydrogen) atoms. The Hall–Kier alpha value is -1.87. The molecule has 0 saturated heterocycles. The lowest BCUT2D eigenvalue weighted by Crippen LogP contribution is -2.16. The maximum atomic E-state index is 14.0. The SMILES string of the molecule is COc1cccc(F)c1C(N)Cc1ccc(C(C)C)cc1. The number of benzene rings is 2. The lowest BCUT2D eigenvalue weighted by atomic mass is 9.96. The summed E-state index contributed by atoms with van der Waals surface area (Å²) in [6.07, 6.45) is 0.579. The van der Waals surface area contributed by atoms with Gasteiger partial charge in [-0.2, -0.15) is 0 Å². The topological polar surface area (TPSA) is 35.2 Å². The van der Waals surface area contributed by atoms with Gasteiger partial charge in [0.15, 0.2) is 0 Å². The highest BCUT2D eigenvalue weighted by molar-refractivity contribution is 5.38. The molecule has 3 heteroatoms. The summed E-state index contributed by atoms with van der Waals surface area (Å²) in [5, 5.41) is 0. The van der Waals surface area contributed by atoms with Gasteiger partial charge in [0.25, 0.3) is 0 Å². The summed E-state index contributed by atoms with van der Waals surface area (Å²) < 4.78 is 19.2. The van der Waals surface area contributed by atoms with E-state index in [1.165, 1.54) is 18.7 Å². The second-order valence-corrected chi connectivity index (χ2v) is 5.56. The molecular formula is C18H22FNO. The second-order valence-electron chi connectivity index (χ2n) is 5.56. The first-order valence-electron chi connectivity index (χ1n) is 7.19. The molecule has 0 bridgehead atoms. The zero-order valence-corrected chi connectivity index (χ0v) is 12.8. The Kier molecular flexibility index (Phi) is 4.97. The second kappa shape index (κ2) is 6.72. The normalized spacial score (nSPS) is 12.5. The van der Waals surface area contributed by atoms with Gasteiger partial charge in [-0.15, -0.1) is 0 Å². The number of ether oxygens (including phenoxy) is 1. The summed E-state index contributed by atoms with van der Waals surface area (Å²) in [4.78, 5) is 0. The van der Waals surface area contributed by atoms with Gasteiger partial charge in [0.2, 0.25) is 0 Å². The number of nitrogens with two attached hydrogens (primary N) is 1. The van der Waals surface area contributed by atoms with Crippen LogP contribution in [-0.4, -0.2) is 7.11 Å². The average Bonchev–Trinajstić information content (AvgIpc) is 2.47. The maximum absolute atomic E-state index is 14.0. The fraction of sp³-hybridized carbons (Fsp3) is 0.333. The summed E-state index contributed by atoms with van der Waals surface area (Å²) in [6.45, 7) is 4.32. The molecule has 2 aromatic rings. The van der Waals surface area contributed by atoms with Gasteiger partial charge in [-0.25, -0.2) is 4.39 Å². The van der Waals surface area contributed by atoms with Crippen molar-refractivity contribution in [1.82, 2.24) is 0 Å². The van der Waals surface area contributed by atoms with E-state index in [0.717, 1.165) is 5.56 Å². The Morgan fingerprint density at radius 2 is 1.76 bits per heavy atom. The first kappa shape index (κ1) is 15.5. The largest absolute Gasteiger partial charge is 0.496 e. The van der Waals surface area contributed by atoms with Crippen molar-refractivity contribution in [3.05, 3.63) is 65.0 Å². The molecule has 2 rings (SSSR count). The lowest BCUT2D eigenvalue weighted by Gasteiger charge is -2.17. The predicted octanol–water partition coefficient (Wildman–Crippen LogP) is 4.20. The Morgan fingerprint density at radius 3 is 2.33 bits per heavy atom. The van der Waals surface area contributed by atoms with Crippen molar-refractivity contribution >= 4 is 0 Å². The maximum Gasteiger partial charge on any atom is 0.131 e. The molecule has 2 aromatic carbocycles. The third-order valence-corrected chi connectivity index (χ3v) is 3.71. The minimum Gasteiger partial charge on any atom is -0.496 e. The van der Waals surface area contributed by atoms with Crippen molar-refractivity contribution in [1.29, 1.82) is 0 Å². The quantitative estimate of drug-likeness (QED) is 0.894. The van der Waals surface area contributed by atoms with Gasteiger partial charge in [-0.05, 0) is 35.6 Å². The van der Waals surface area contributed by atoms with Crippen LogP contribution in [0.5, 0.6) is 5.75 Å². The van der Waals surface area contributed by atoms with Gasteiger partial charge >= 0.3 is 0 Å². The average molecular weight is 287 g/mol. The zero-order chi connectivity index (χ0) is 15.4. The molecule has 0 aliphatic rings. The Bertz CT molecular complexity index is 593. The minimum absolute atomic E-state index is 0.319. The molecule has 2 N–H and O–H groups in total. The van der Waals surface area contributed by atoms with E-state index in [1.807, 2.05) is 0 Å². The van der Waals surface area contributed by atoms with E-state index < -0.39 is 6.04 Å². The number of hydrogen-bond donors (Lipinski definition) is 1. The van der Waals surface area contributed by atoms with Crippen LogP contribution in [0.2, 0.25) is 0 Å². The molecule has 0 radical (unpaired) electrons. The Morgan fingerprint density at radius 1 is 1.10 bits per heavy atom. The van der Waals surface area contributed by atoms with Crippen LogP contribution in [0.1, 0.15) is 42.5 Å². The van der Waals surface area contributed by atoms with Crippen LogP contribution in [0.4, 0.5) is 4.39 Å². The van der Waals surface area contributed by atoms with Crippen LogP contribution < -0.4 is 10.5 Å². The minimum atomic E-state index is -0.425. The van der Waals surface area contributed by atoms with Crippen molar-refractivity contribution in [2.75, 3.05) is 7.11 Å². The molecule has 1 unspecified atom stereocenters. The van der Waals surface area contributed by atoms with Gasteiger partial charge in [0.05, 0.1) is 7.11 Å². The fourth-order valence-corrected chi connectivity index (χ4v) is 2.45. The van der Waals surface area contributed by atoms with Crippen LogP contribution in [0.15, 0.2) is 42.5 Å². The van der Waals surface area contributed by atoms with Crippen molar-refractivity contribution in [2.24, 2.45) is 5.73 Å². The molecule has 0 aliphatic carbocycles. The van der Waals surface area contributed by atoms with E-state index in [9.17, 15) is 4.39 Å². The highest BCUT2D eigenvalue weighted by atomic mass is 19.1. The van der Waals surface area contributed by atoms with E-state index in [1.54, 1.807) is 12.1 Å². The van der Waals surface area contributed by atoms with Crippen molar-refractivity contribution < 1.29 is 9.13 Å². The molecule has 0 fully saturated rings. The van der Waals surface area contributed by atoms with Gasteiger partial charge in [0.1, 0.15) is 11.6 Å². The molecule has 0 aromatic heterocycles. The highest BCUT2D eigenvalue weighted by Gasteiger charge is 2.17. The van der Waals surface area contributed by atoms with Crippen LogP contribution >= 0.6 is 0 Å². The summed E-state index contributed by atoms with van der Waals surface area (Å²) in [6, 6.07) is 12.7. The van der Waals surface area contributed by atoms with Crippen LogP contribution in [0.3, 0.4) is 0 Å². The standard InChI is InChI=1S/C18H22FNO/c1-12(2)14-9-7-13(8-10-14)11-16(20)18-15(19)5-4-6-17(18)21-3/h4-10,12,16H,11,20H2,1-3H3. The van der Waals surface area contributed by atoms with Crippen molar-refractivity contribution in [2.45, 2.75) is 32.2 Å². The van der Waals surface area contributed by atoms with E-state index in [4.69, 9.17) is 10.5 Å². The van der Waals surface area contributed by atoms with E-state index >= 15 is 0 Å². The van der Waals surface area contributed by atoms with Crippen LogP contribution in [0, 0.1) is 5.82 Å². The molecule has 0 aliphatic heterocycles. The molecule has 0 heterocycles. The summed E-state index contributed by atoms with van der Waals surface area (Å²) in [7, 11) is 1.53. The van der Waals surface area contributed by atoms with E-state index in [0.29, 0.717) is 23.7 Å². The molecule has 0 amide bonds. The van der Waals surface area contributed by atoms with Gasteiger partial charge < -0.3 is 10.5 Å². The first-order chi connectivity index (χ1) is 10.0. The third kappa shape index (κ3) is 3.61. The highest BCUT2D eigenvalue weighted by Crippen LogP contribution is 2.29. The molecular weight excluding hydrogens is 265 g/mol. The Labute approximate surface area is 125 Å². The van der Waals surface area contributed by atoms with Gasteiger partial charge in [-0.3, -0.25) is 0 Å². The molecule has 2 nitrogen and oxygen atoms in total. The van der Waals surface area contributed by atoms with Crippen molar-refractivity contribution in [3.63, 3.8) is 0 Å². The molecule has 1 atom stereocenters. The summed E-state index contributed by atoms with van der Waals surface area (Å²) in [5.41, 5.74) is 9.00. The molecule has 0 spiro atoms. The monoisotopic (exact) mass is 287 g/mol. The predicted molar refractivity (Wildman–Crippen MR) is 84.1 cm³/mol. The van der Waals surface area contributed by atoms with Gasteiger partial charge in [0, 0.05) is 11.6 Å². The smallest absolute Gasteiger partial charge is 0.131 e. The van der Waals surface area contributed by atoms with Gasteiger partial charge in [-0.1, -0.05) is 44.2 Å². The number of hydrogen-bond acceptors (Lipinski definition) is 2.